The zero-order valence-electron chi connectivity index (χ0n) is 20.0. The Balaban J connectivity index is 0.000000540. The Bertz CT molecular complexity index is 855. The van der Waals surface area contributed by atoms with Crippen molar-refractivity contribution in [1.29, 1.82) is 0 Å². The number of piperidine rings is 1. The number of hydrogen-bond acceptors (Lipinski definition) is 6. The van der Waals surface area contributed by atoms with Crippen LogP contribution in [0.2, 0.25) is 0 Å². The van der Waals surface area contributed by atoms with E-state index in [9.17, 15) is 22.8 Å². The molecule has 1 aromatic rings. The summed E-state index contributed by atoms with van der Waals surface area (Å²) < 4.78 is 37.1. The normalized spacial score (nSPS) is 18.9. The SMILES string of the molecule is CC(C)(C)OC(=O)N1CC[C@@H](NC(=O)NC2CCN(c3ccccn3)CC2)C1.O=C(O)C(F)(F)F. The average Bonchev–Trinajstić information content (AvgIpc) is 3.22. The molecule has 0 spiro atoms. The second-order valence-corrected chi connectivity index (χ2v) is 9.28. The van der Waals surface area contributed by atoms with Crippen molar-refractivity contribution < 1.29 is 37.4 Å². The lowest BCUT2D eigenvalue weighted by Crippen LogP contribution is -2.50. The summed E-state index contributed by atoms with van der Waals surface area (Å²) in [6.07, 6.45) is -1.09. The fourth-order valence-electron chi connectivity index (χ4n) is 3.58. The van der Waals surface area contributed by atoms with Gasteiger partial charge in [0.15, 0.2) is 0 Å². The molecule has 10 nitrogen and oxygen atoms in total. The Morgan fingerprint density at radius 1 is 1.03 bits per heavy atom. The van der Waals surface area contributed by atoms with Crippen LogP contribution >= 0.6 is 0 Å². The molecular weight excluding hydrogens is 471 g/mol. The summed E-state index contributed by atoms with van der Waals surface area (Å²) >= 11 is 0. The zero-order valence-corrected chi connectivity index (χ0v) is 20.0. The molecule has 2 saturated heterocycles. The fraction of sp³-hybridized carbons (Fsp3) is 0.636. The smallest absolute Gasteiger partial charge is 0.475 e. The van der Waals surface area contributed by atoms with E-state index < -0.39 is 17.7 Å². The molecule has 1 aromatic heterocycles. The van der Waals surface area contributed by atoms with E-state index in [0.717, 1.165) is 38.2 Å². The van der Waals surface area contributed by atoms with E-state index in [1.165, 1.54) is 0 Å². The van der Waals surface area contributed by atoms with Gasteiger partial charge in [0.05, 0.1) is 0 Å². The summed E-state index contributed by atoms with van der Waals surface area (Å²) in [4.78, 5) is 41.6. The topological polar surface area (TPSA) is 124 Å². The minimum absolute atomic E-state index is 0.0406. The van der Waals surface area contributed by atoms with Crippen molar-refractivity contribution >= 4 is 23.9 Å². The van der Waals surface area contributed by atoms with E-state index in [0.29, 0.717) is 13.1 Å². The van der Waals surface area contributed by atoms with Crippen LogP contribution in [0.15, 0.2) is 24.4 Å². The number of nitrogens with zero attached hydrogens (tertiary/aromatic N) is 3. The Morgan fingerprint density at radius 2 is 1.60 bits per heavy atom. The number of aliphatic carboxylic acids is 1. The molecule has 3 rings (SSSR count). The lowest BCUT2D eigenvalue weighted by atomic mass is 10.1. The molecule has 0 radical (unpaired) electrons. The van der Waals surface area contributed by atoms with Crippen molar-refractivity contribution in [3.05, 3.63) is 24.4 Å². The maximum absolute atomic E-state index is 12.3. The van der Waals surface area contributed by atoms with E-state index in [1.807, 2.05) is 39.0 Å². The highest BCUT2D eigenvalue weighted by molar-refractivity contribution is 5.75. The monoisotopic (exact) mass is 503 g/mol. The molecule has 2 aliphatic heterocycles. The number of hydrogen-bond donors (Lipinski definition) is 3. The first-order valence-corrected chi connectivity index (χ1v) is 11.3. The van der Waals surface area contributed by atoms with Crippen LogP contribution < -0.4 is 15.5 Å². The summed E-state index contributed by atoms with van der Waals surface area (Å²) in [6.45, 7) is 8.38. The van der Waals surface area contributed by atoms with Gasteiger partial charge >= 0.3 is 24.3 Å². The van der Waals surface area contributed by atoms with Gasteiger partial charge < -0.3 is 30.3 Å². The van der Waals surface area contributed by atoms with Gasteiger partial charge in [-0.3, -0.25) is 0 Å². The number of amides is 3. The van der Waals surface area contributed by atoms with Gasteiger partial charge in [-0.15, -0.1) is 0 Å². The van der Waals surface area contributed by atoms with Crippen molar-refractivity contribution in [1.82, 2.24) is 20.5 Å². The third-order valence-corrected chi connectivity index (χ3v) is 5.22. The van der Waals surface area contributed by atoms with Crippen molar-refractivity contribution in [2.75, 3.05) is 31.1 Å². The number of pyridine rings is 1. The molecule has 1 atom stereocenters. The summed E-state index contributed by atoms with van der Waals surface area (Å²) in [5.74, 6) is -1.77. The van der Waals surface area contributed by atoms with E-state index in [1.54, 1.807) is 11.1 Å². The largest absolute Gasteiger partial charge is 0.490 e. The molecule has 2 aliphatic rings. The van der Waals surface area contributed by atoms with Crippen LogP contribution in [0.5, 0.6) is 0 Å². The summed E-state index contributed by atoms with van der Waals surface area (Å²) in [5.41, 5.74) is -0.510. The van der Waals surface area contributed by atoms with E-state index in [2.05, 4.69) is 20.5 Å². The number of aromatic nitrogens is 1. The number of rotatable bonds is 3. The minimum atomic E-state index is -5.08. The molecule has 0 bridgehead atoms. The van der Waals surface area contributed by atoms with Crippen LogP contribution in [0.25, 0.3) is 0 Å². The predicted molar refractivity (Wildman–Crippen MR) is 121 cm³/mol. The summed E-state index contributed by atoms with van der Waals surface area (Å²) in [5, 5.41) is 13.2. The molecule has 0 aromatic carbocycles. The maximum Gasteiger partial charge on any atom is 0.490 e. The van der Waals surface area contributed by atoms with Crippen LogP contribution in [0.1, 0.15) is 40.0 Å². The first-order valence-electron chi connectivity index (χ1n) is 11.3. The Hall–Kier alpha value is -3.25. The number of nitrogens with one attached hydrogen (secondary N) is 2. The quantitative estimate of drug-likeness (QED) is 0.579. The van der Waals surface area contributed by atoms with Crippen molar-refractivity contribution in [3.63, 3.8) is 0 Å². The number of ether oxygens (including phenoxy) is 1. The van der Waals surface area contributed by atoms with Gasteiger partial charge in [0.1, 0.15) is 11.4 Å². The Morgan fingerprint density at radius 3 is 2.11 bits per heavy atom. The molecule has 196 valence electrons. The number of carboxylic acid groups (broad SMARTS) is 1. The number of carbonyl (C=O) groups is 3. The number of alkyl halides is 3. The maximum atomic E-state index is 12.3. The second kappa shape index (κ2) is 11.9. The highest BCUT2D eigenvalue weighted by Gasteiger charge is 2.38. The van der Waals surface area contributed by atoms with Crippen molar-refractivity contribution in [2.45, 2.75) is 63.9 Å². The lowest BCUT2D eigenvalue weighted by molar-refractivity contribution is -0.192. The first-order chi connectivity index (χ1) is 16.2. The number of anilines is 1. The molecule has 3 amide bonds. The van der Waals surface area contributed by atoms with E-state index >= 15 is 0 Å². The molecule has 3 heterocycles. The second-order valence-electron chi connectivity index (χ2n) is 9.28. The summed E-state index contributed by atoms with van der Waals surface area (Å²) in [6, 6.07) is 5.87. The number of halogens is 3. The van der Waals surface area contributed by atoms with Crippen LogP contribution in [-0.2, 0) is 9.53 Å². The third kappa shape index (κ3) is 9.87. The van der Waals surface area contributed by atoms with E-state index in [-0.39, 0.29) is 24.2 Å². The van der Waals surface area contributed by atoms with Crippen molar-refractivity contribution in [2.24, 2.45) is 0 Å². The molecule has 13 heteroatoms. The van der Waals surface area contributed by atoms with Gasteiger partial charge in [0, 0.05) is 44.5 Å². The number of urea groups is 1. The van der Waals surface area contributed by atoms with E-state index in [4.69, 9.17) is 14.6 Å². The molecular formula is C22H32F3N5O5. The molecule has 2 fully saturated rings. The molecule has 3 N–H and O–H groups in total. The molecule has 35 heavy (non-hydrogen) atoms. The highest BCUT2D eigenvalue weighted by Crippen LogP contribution is 2.18. The number of carbonyl (C=O) groups excluding carboxylic acids is 2. The van der Waals surface area contributed by atoms with Crippen LogP contribution in [-0.4, -0.2) is 83.1 Å². The van der Waals surface area contributed by atoms with Gasteiger partial charge in [-0.05, 0) is 52.2 Å². The predicted octanol–water partition coefficient (Wildman–Crippen LogP) is 2.99. The van der Waals surface area contributed by atoms with Crippen LogP contribution in [0, 0.1) is 0 Å². The molecule has 0 aliphatic carbocycles. The lowest BCUT2D eigenvalue weighted by Gasteiger charge is -2.33. The van der Waals surface area contributed by atoms with Gasteiger partial charge in [0.25, 0.3) is 0 Å². The first kappa shape index (κ1) is 28.0. The van der Waals surface area contributed by atoms with Crippen LogP contribution in [0.3, 0.4) is 0 Å². The zero-order chi connectivity index (χ0) is 26.2. The average molecular weight is 504 g/mol. The standard InChI is InChI=1S/C20H31N5O3.C2HF3O2/c1-20(2,3)28-19(27)25-13-9-16(14-25)23-18(26)22-15-7-11-24(12-8-15)17-6-4-5-10-21-17;3-2(4,5)1(6)7/h4-6,10,15-16H,7-9,11-14H2,1-3H3,(H2,22,23,26);(H,6,7)/t16-;/m1./s1. The molecule has 0 saturated carbocycles. The van der Waals surface area contributed by atoms with Gasteiger partial charge in [-0.1, -0.05) is 6.07 Å². The van der Waals surface area contributed by atoms with Gasteiger partial charge in [-0.25, -0.2) is 19.4 Å². The Labute approximate surface area is 201 Å². The van der Waals surface area contributed by atoms with Gasteiger partial charge in [0.2, 0.25) is 0 Å². The fourth-order valence-corrected chi connectivity index (χ4v) is 3.58. The van der Waals surface area contributed by atoms with Crippen molar-refractivity contribution in [3.8, 4) is 0 Å². The van der Waals surface area contributed by atoms with Crippen LogP contribution in [0.4, 0.5) is 28.6 Å². The molecule has 0 unspecified atom stereocenters. The summed E-state index contributed by atoms with van der Waals surface area (Å²) in [7, 11) is 0. The Kier molecular flexibility index (Phi) is 9.55. The minimum Gasteiger partial charge on any atom is -0.475 e. The highest BCUT2D eigenvalue weighted by atomic mass is 19.4. The number of likely N-dealkylation sites (tertiary alicyclic amines) is 1. The number of carboxylic acids is 1. The third-order valence-electron chi connectivity index (χ3n) is 5.22. The van der Waals surface area contributed by atoms with Gasteiger partial charge in [-0.2, -0.15) is 13.2 Å².